The van der Waals surface area contributed by atoms with Crippen molar-refractivity contribution in [2.45, 2.75) is 6.54 Å². The zero-order valence-corrected chi connectivity index (χ0v) is 15.9. The molecule has 0 saturated carbocycles. The van der Waals surface area contributed by atoms with Gasteiger partial charge in [0.1, 0.15) is 5.82 Å². The number of imidazole rings is 1. The van der Waals surface area contributed by atoms with Gasteiger partial charge in [0.15, 0.2) is 11.5 Å². The highest BCUT2D eigenvalue weighted by Crippen LogP contribution is 2.34. The monoisotopic (exact) mass is 378 g/mol. The zero-order valence-electron chi connectivity index (χ0n) is 15.1. The van der Waals surface area contributed by atoms with Gasteiger partial charge in [0.05, 0.1) is 31.8 Å². The van der Waals surface area contributed by atoms with Crippen molar-refractivity contribution in [2.75, 3.05) is 14.2 Å². The summed E-state index contributed by atoms with van der Waals surface area (Å²) in [6.07, 6.45) is 0. The van der Waals surface area contributed by atoms with Crippen molar-refractivity contribution in [1.82, 2.24) is 9.55 Å². The maximum absolute atomic E-state index is 6.41. The Bertz CT molecular complexity index is 1100. The molecule has 0 spiro atoms. The van der Waals surface area contributed by atoms with Crippen LogP contribution in [-0.2, 0) is 6.54 Å². The third-order valence-corrected chi connectivity index (χ3v) is 4.95. The lowest BCUT2D eigenvalue weighted by Crippen LogP contribution is -2.03. The number of hydrogen-bond donors (Lipinski definition) is 0. The number of halogens is 1. The van der Waals surface area contributed by atoms with Gasteiger partial charge in [0.2, 0.25) is 0 Å². The maximum Gasteiger partial charge on any atom is 0.161 e. The molecule has 1 aromatic heterocycles. The number of aromatic nitrogens is 2. The van der Waals surface area contributed by atoms with Gasteiger partial charge in [-0.1, -0.05) is 41.9 Å². The maximum atomic E-state index is 6.41. The normalized spacial score (nSPS) is 10.9. The van der Waals surface area contributed by atoms with Crippen LogP contribution in [0.25, 0.3) is 22.4 Å². The molecule has 0 aliphatic rings. The SMILES string of the molecule is COc1ccc(-c2nc3ccccc3n2Cc2ccccc2Cl)cc1OC. The number of hydrogen-bond acceptors (Lipinski definition) is 3. The second-order valence-electron chi connectivity index (χ2n) is 6.17. The Morgan fingerprint density at radius 1 is 0.889 bits per heavy atom. The number of rotatable bonds is 5. The fraction of sp³-hybridized carbons (Fsp3) is 0.136. The number of nitrogens with zero attached hydrogens (tertiary/aromatic N) is 2. The lowest BCUT2D eigenvalue weighted by Gasteiger charge is -2.13. The first-order valence-corrected chi connectivity index (χ1v) is 9.00. The fourth-order valence-electron chi connectivity index (χ4n) is 3.23. The zero-order chi connectivity index (χ0) is 18.8. The first-order chi connectivity index (χ1) is 13.2. The summed E-state index contributed by atoms with van der Waals surface area (Å²) in [5, 5.41) is 0.744. The molecule has 0 unspecified atom stereocenters. The molecule has 1 heterocycles. The molecule has 0 radical (unpaired) electrons. The van der Waals surface area contributed by atoms with E-state index in [0.717, 1.165) is 33.0 Å². The summed E-state index contributed by atoms with van der Waals surface area (Å²) in [5.41, 5.74) is 4.00. The highest BCUT2D eigenvalue weighted by molar-refractivity contribution is 6.31. The van der Waals surface area contributed by atoms with Gasteiger partial charge in [-0.25, -0.2) is 4.98 Å². The van der Waals surface area contributed by atoms with Crippen molar-refractivity contribution in [3.63, 3.8) is 0 Å². The quantitative estimate of drug-likeness (QED) is 0.465. The van der Waals surface area contributed by atoms with Gasteiger partial charge in [0.25, 0.3) is 0 Å². The summed E-state index contributed by atoms with van der Waals surface area (Å²) in [6.45, 7) is 0.629. The molecular formula is C22H19ClN2O2. The highest BCUT2D eigenvalue weighted by Gasteiger charge is 2.16. The van der Waals surface area contributed by atoms with Crippen molar-refractivity contribution in [1.29, 1.82) is 0 Å². The minimum Gasteiger partial charge on any atom is -0.493 e. The lowest BCUT2D eigenvalue weighted by atomic mass is 10.1. The average Bonchev–Trinajstić information content (AvgIpc) is 3.07. The van der Waals surface area contributed by atoms with Crippen molar-refractivity contribution in [3.05, 3.63) is 77.3 Å². The molecule has 0 aliphatic carbocycles. The van der Waals surface area contributed by atoms with Crippen LogP contribution in [0.2, 0.25) is 5.02 Å². The largest absolute Gasteiger partial charge is 0.493 e. The Morgan fingerprint density at radius 2 is 1.63 bits per heavy atom. The molecule has 3 aromatic carbocycles. The minimum absolute atomic E-state index is 0.629. The molecule has 0 amide bonds. The molecule has 0 aliphatic heterocycles. The van der Waals surface area contributed by atoms with Crippen LogP contribution >= 0.6 is 11.6 Å². The van der Waals surface area contributed by atoms with E-state index in [4.69, 9.17) is 26.1 Å². The number of methoxy groups -OCH3 is 2. The summed E-state index contributed by atoms with van der Waals surface area (Å²) in [5.74, 6) is 2.22. The Morgan fingerprint density at radius 3 is 2.41 bits per heavy atom. The molecule has 0 saturated heterocycles. The van der Waals surface area contributed by atoms with Crippen molar-refractivity contribution < 1.29 is 9.47 Å². The van der Waals surface area contributed by atoms with Crippen LogP contribution in [0.1, 0.15) is 5.56 Å². The third-order valence-electron chi connectivity index (χ3n) is 4.58. The molecule has 4 rings (SSSR count). The van der Waals surface area contributed by atoms with Gasteiger partial charge in [-0.3, -0.25) is 0 Å². The summed E-state index contributed by atoms with van der Waals surface area (Å²) in [4.78, 5) is 4.86. The van der Waals surface area contributed by atoms with Gasteiger partial charge >= 0.3 is 0 Å². The predicted molar refractivity (Wildman–Crippen MR) is 109 cm³/mol. The van der Waals surface area contributed by atoms with E-state index in [2.05, 4.69) is 10.6 Å². The third kappa shape index (κ3) is 3.24. The van der Waals surface area contributed by atoms with E-state index in [1.54, 1.807) is 14.2 Å². The Kier molecular flexibility index (Phi) is 4.73. The molecule has 0 atom stereocenters. The van der Waals surface area contributed by atoms with Gasteiger partial charge < -0.3 is 14.0 Å². The van der Waals surface area contributed by atoms with Crippen LogP contribution in [0.3, 0.4) is 0 Å². The molecule has 27 heavy (non-hydrogen) atoms. The average molecular weight is 379 g/mol. The van der Waals surface area contributed by atoms with E-state index in [1.165, 1.54) is 0 Å². The van der Waals surface area contributed by atoms with Crippen molar-refractivity contribution in [3.8, 4) is 22.9 Å². The van der Waals surface area contributed by atoms with E-state index in [-0.39, 0.29) is 0 Å². The van der Waals surface area contributed by atoms with Crippen LogP contribution in [0.15, 0.2) is 66.7 Å². The van der Waals surface area contributed by atoms with Crippen LogP contribution in [0.4, 0.5) is 0 Å². The van der Waals surface area contributed by atoms with Crippen molar-refractivity contribution in [2.24, 2.45) is 0 Å². The molecule has 5 heteroatoms. The van der Waals surface area contributed by atoms with Gasteiger partial charge in [-0.05, 0) is 42.0 Å². The number of ether oxygens (including phenoxy) is 2. The van der Waals surface area contributed by atoms with Crippen LogP contribution in [0, 0.1) is 0 Å². The summed E-state index contributed by atoms with van der Waals surface area (Å²) in [6, 6.07) is 21.8. The van der Waals surface area contributed by atoms with Gasteiger partial charge in [-0.15, -0.1) is 0 Å². The Hall–Kier alpha value is -2.98. The van der Waals surface area contributed by atoms with Crippen LogP contribution in [0.5, 0.6) is 11.5 Å². The summed E-state index contributed by atoms with van der Waals surface area (Å²) >= 11 is 6.41. The molecule has 0 fully saturated rings. The number of para-hydroxylation sites is 2. The molecule has 136 valence electrons. The van der Waals surface area contributed by atoms with E-state index in [0.29, 0.717) is 18.0 Å². The standard InChI is InChI=1S/C22H19ClN2O2/c1-26-20-12-11-15(13-21(20)27-2)22-24-18-9-5-6-10-19(18)25(22)14-16-7-3-4-8-17(16)23/h3-13H,14H2,1-2H3. The molecule has 4 aromatic rings. The topological polar surface area (TPSA) is 36.3 Å². The van der Waals surface area contributed by atoms with Gasteiger partial charge in [0, 0.05) is 10.6 Å². The number of fused-ring (bicyclic) bond motifs is 1. The molecule has 4 nitrogen and oxygen atoms in total. The summed E-state index contributed by atoms with van der Waals surface area (Å²) in [7, 11) is 3.26. The fourth-order valence-corrected chi connectivity index (χ4v) is 3.42. The van der Waals surface area contributed by atoms with E-state index in [1.807, 2.05) is 60.7 Å². The molecular weight excluding hydrogens is 360 g/mol. The highest BCUT2D eigenvalue weighted by atomic mass is 35.5. The first kappa shape index (κ1) is 17.4. The van der Waals surface area contributed by atoms with E-state index in [9.17, 15) is 0 Å². The van der Waals surface area contributed by atoms with E-state index >= 15 is 0 Å². The van der Waals surface area contributed by atoms with E-state index < -0.39 is 0 Å². The van der Waals surface area contributed by atoms with Crippen LogP contribution in [-0.4, -0.2) is 23.8 Å². The molecule has 0 bridgehead atoms. The Labute approximate surface area is 162 Å². The predicted octanol–water partition coefficient (Wildman–Crippen LogP) is 5.42. The first-order valence-electron chi connectivity index (χ1n) is 8.62. The smallest absolute Gasteiger partial charge is 0.161 e. The molecule has 0 N–H and O–H groups in total. The second-order valence-corrected chi connectivity index (χ2v) is 6.58. The number of benzene rings is 3. The minimum atomic E-state index is 0.629. The lowest BCUT2D eigenvalue weighted by molar-refractivity contribution is 0.355. The second kappa shape index (κ2) is 7.33. The van der Waals surface area contributed by atoms with Gasteiger partial charge in [-0.2, -0.15) is 0 Å². The van der Waals surface area contributed by atoms with Crippen molar-refractivity contribution >= 4 is 22.6 Å². The summed E-state index contributed by atoms with van der Waals surface area (Å²) < 4.78 is 13.0. The van der Waals surface area contributed by atoms with Crippen LogP contribution < -0.4 is 9.47 Å². The Balaban J connectivity index is 1.89.